The SMILES string of the molecule is COC1CC(OCCCOCC(F)(F)COC2CN(C(C)C)C2)C1. The molecule has 0 atom stereocenters. The first-order valence-electron chi connectivity index (χ1n) is 8.85. The molecule has 1 saturated carbocycles. The molecule has 142 valence electrons. The van der Waals surface area contributed by atoms with Crippen molar-refractivity contribution in [3.63, 3.8) is 0 Å². The highest BCUT2D eigenvalue weighted by Crippen LogP contribution is 2.25. The lowest BCUT2D eigenvalue weighted by Crippen LogP contribution is -2.55. The smallest absolute Gasteiger partial charge is 0.293 e. The first-order chi connectivity index (χ1) is 11.4. The minimum Gasteiger partial charge on any atom is -0.381 e. The van der Waals surface area contributed by atoms with Crippen molar-refractivity contribution in [2.45, 2.75) is 63.4 Å². The van der Waals surface area contributed by atoms with Crippen LogP contribution >= 0.6 is 0 Å². The van der Waals surface area contributed by atoms with E-state index < -0.39 is 19.1 Å². The normalized spacial score (nSPS) is 25.8. The molecule has 2 fully saturated rings. The van der Waals surface area contributed by atoms with Crippen LogP contribution in [0, 0.1) is 0 Å². The number of ether oxygens (including phenoxy) is 4. The zero-order valence-corrected chi connectivity index (χ0v) is 15.0. The van der Waals surface area contributed by atoms with Crippen LogP contribution in [0.15, 0.2) is 0 Å². The van der Waals surface area contributed by atoms with Crippen LogP contribution in [-0.2, 0) is 18.9 Å². The highest BCUT2D eigenvalue weighted by atomic mass is 19.3. The lowest BCUT2D eigenvalue weighted by molar-refractivity contribution is -0.162. The van der Waals surface area contributed by atoms with E-state index in [4.69, 9.17) is 18.9 Å². The van der Waals surface area contributed by atoms with Crippen molar-refractivity contribution in [2.75, 3.05) is 46.6 Å². The van der Waals surface area contributed by atoms with Crippen LogP contribution in [0.3, 0.4) is 0 Å². The Morgan fingerprint density at radius 3 is 2.33 bits per heavy atom. The largest absolute Gasteiger partial charge is 0.381 e. The van der Waals surface area contributed by atoms with E-state index in [1.54, 1.807) is 7.11 Å². The quantitative estimate of drug-likeness (QED) is 0.505. The van der Waals surface area contributed by atoms with E-state index in [-0.39, 0.29) is 18.8 Å². The second-order valence-corrected chi connectivity index (χ2v) is 7.06. The molecule has 0 bridgehead atoms. The Morgan fingerprint density at radius 2 is 1.71 bits per heavy atom. The summed E-state index contributed by atoms with van der Waals surface area (Å²) in [6.07, 6.45) is 2.94. The van der Waals surface area contributed by atoms with E-state index >= 15 is 0 Å². The Labute approximate surface area is 143 Å². The Bertz CT molecular complexity index is 358. The summed E-state index contributed by atoms with van der Waals surface area (Å²) in [5, 5.41) is 0. The molecule has 0 spiro atoms. The van der Waals surface area contributed by atoms with E-state index in [0.29, 0.717) is 25.2 Å². The van der Waals surface area contributed by atoms with Crippen molar-refractivity contribution in [1.82, 2.24) is 4.90 Å². The summed E-state index contributed by atoms with van der Waals surface area (Å²) in [6.45, 7) is 5.29. The lowest BCUT2D eigenvalue weighted by atomic mass is 9.92. The molecule has 1 saturated heterocycles. The topological polar surface area (TPSA) is 40.2 Å². The molecule has 2 rings (SSSR count). The van der Waals surface area contributed by atoms with Crippen LogP contribution in [0.5, 0.6) is 0 Å². The van der Waals surface area contributed by atoms with Gasteiger partial charge >= 0.3 is 0 Å². The van der Waals surface area contributed by atoms with Gasteiger partial charge in [-0.2, -0.15) is 0 Å². The van der Waals surface area contributed by atoms with Gasteiger partial charge in [0.05, 0.1) is 18.3 Å². The van der Waals surface area contributed by atoms with E-state index in [0.717, 1.165) is 25.9 Å². The Kier molecular flexibility index (Phi) is 7.81. The first kappa shape index (κ1) is 20.0. The van der Waals surface area contributed by atoms with Gasteiger partial charge in [0, 0.05) is 39.5 Å². The van der Waals surface area contributed by atoms with Gasteiger partial charge in [-0.3, -0.25) is 4.90 Å². The van der Waals surface area contributed by atoms with E-state index in [2.05, 4.69) is 18.7 Å². The summed E-state index contributed by atoms with van der Waals surface area (Å²) in [5.41, 5.74) is 0. The molecule has 5 nitrogen and oxygen atoms in total. The highest BCUT2D eigenvalue weighted by molar-refractivity contribution is 4.83. The fraction of sp³-hybridized carbons (Fsp3) is 1.00. The molecule has 0 unspecified atom stereocenters. The first-order valence-corrected chi connectivity index (χ1v) is 8.85. The van der Waals surface area contributed by atoms with Gasteiger partial charge in [0.15, 0.2) is 0 Å². The van der Waals surface area contributed by atoms with Gasteiger partial charge in [0.2, 0.25) is 0 Å². The fourth-order valence-corrected chi connectivity index (χ4v) is 2.76. The minimum atomic E-state index is -2.93. The second-order valence-electron chi connectivity index (χ2n) is 7.06. The lowest BCUT2D eigenvalue weighted by Gasteiger charge is -2.42. The van der Waals surface area contributed by atoms with Gasteiger partial charge in [-0.25, -0.2) is 8.78 Å². The van der Waals surface area contributed by atoms with Crippen molar-refractivity contribution in [2.24, 2.45) is 0 Å². The Balaban J connectivity index is 1.42. The molecule has 2 aliphatic rings. The molecule has 7 heteroatoms. The number of nitrogens with zero attached hydrogens (tertiary/aromatic N) is 1. The van der Waals surface area contributed by atoms with Gasteiger partial charge in [-0.05, 0) is 33.1 Å². The molecule has 0 radical (unpaired) electrons. The monoisotopic (exact) mass is 351 g/mol. The van der Waals surface area contributed by atoms with Crippen molar-refractivity contribution in [1.29, 1.82) is 0 Å². The average Bonchev–Trinajstić information content (AvgIpc) is 2.42. The zero-order valence-electron chi connectivity index (χ0n) is 15.0. The van der Waals surface area contributed by atoms with E-state index in [9.17, 15) is 8.78 Å². The van der Waals surface area contributed by atoms with Gasteiger partial charge < -0.3 is 18.9 Å². The third-order valence-electron chi connectivity index (χ3n) is 4.62. The minimum absolute atomic E-state index is 0.0786. The number of hydrogen-bond donors (Lipinski definition) is 0. The summed E-state index contributed by atoms with van der Waals surface area (Å²) in [7, 11) is 1.70. The third kappa shape index (κ3) is 6.52. The molecule has 1 heterocycles. The Morgan fingerprint density at radius 1 is 1.00 bits per heavy atom. The molecule has 0 aromatic rings. The van der Waals surface area contributed by atoms with E-state index in [1.165, 1.54) is 0 Å². The molecule has 24 heavy (non-hydrogen) atoms. The molecular weight excluding hydrogens is 320 g/mol. The van der Waals surface area contributed by atoms with Crippen molar-refractivity contribution in [3.05, 3.63) is 0 Å². The van der Waals surface area contributed by atoms with Gasteiger partial charge in [0.25, 0.3) is 5.92 Å². The van der Waals surface area contributed by atoms with E-state index in [1.807, 2.05) is 0 Å². The summed E-state index contributed by atoms with van der Waals surface area (Å²) >= 11 is 0. The predicted octanol–water partition coefficient (Wildman–Crippen LogP) is 2.33. The van der Waals surface area contributed by atoms with Crippen LogP contribution in [0.2, 0.25) is 0 Å². The fourth-order valence-electron chi connectivity index (χ4n) is 2.76. The van der Waals surface area contributed by atoms with Gasteiger partial charge in [-0.1, -0.05) is 0 Å². The standard InChI is InChI=1S/C17H31F2NO4/c1-13(2)20-9-16(10-20)24-12-17(18,19)11-22-5-4-6-23-15-7-14(8-15)21-3/h13-16H,4-12H2,1-3H3. The molecule has 0 aromatic carbocycles. The number of hydrogen-bond acceptors (Lipinski definition) is 5. The predicted molar refractivity (Wildman–Crippen MR) is 86.6 cm³/mol. The summed E-state index contributed by atoms with van der Waals surface area (Å²) < 4.78 is 48.5. The van der Waals surface area contributed by atoms with Crippen LogP contribution in [0.1, 0.15) is 33.1 Å². The molecule has 0 aromatic heterocycles. The summed E-state index contributed by atoms with van der Waals surface area (Å²) in [4.78, 5) is 2.19. The number of halogens is 2. The van der Waals surface area contributed by atoms with Gasteiger partial charge in [-0.15, -0.1) is 0 Å². The maximum absolute atomic E-state index is 13.7. The summed E-state index contributed by atoms with van der Waals surface area (Å²) in [5.74, 6) is -2.93. The number of alkyl halides is 2. The van der Waals surface area contributed by atoms with Crippen molar-refractivity contribution < 1.29 is 27.7 Å². The number of rotatable bonds is 12. The zero-order chi connectivity index (χ0) is 17.6. The van der Waals surface area contributed by atoms with Crippen LogP contribution in [0.4, 0.5) is 8.78 Å². The van der Waals surface area contributed by atoms with Crippen LogP contribution < -0.4 is 0 Å². The molecule has 0 N–H and O–H groups in total. The highest BCUT2D eigenvalue weighted by Gasteiger charge is 2.35. The van der Waals surface area contributed by atoms with Crippen molar-refractivity contribution in [3.8, 4) is 0 Å². The number of methoxy groups -OCH3 is 1. The van der Waals surface area contributed by atoms with Crippen molar-refractivity contribution >= 4 is 0 Å². The van der Waals surface area contributed by atoms with Crippen LogP contribution in [0.25, 0.3) is 0 Å². The Hall–Kier alpha value is -0.340. The number of likely N-dealkylation sites (tertiary alicyclic amines) is 1. The third-order valence-corrected chi connectivity index (χ3v) is 4.62. The molecule has 1 aliphatic heterocycles. The van der Waals surface area contributed by atoms with Gasteiger partial charge in [0.1, 0.15) is 13.2 Å². The molecule has 0 amide bonds. The molecular formula is C17H31F2NO4. The molecule has 1 aliphatic carbocycles. The maximum Gasteiger partial charge on any atom is 0.293 e. The average molecular weight is 351 g/mol. The second kappa shape index (κ2) is 9.38. The summed E-state index contributed by atoms with van der Waals surface area (Å²) in [6, 6.07) is 0.441. The van der Waals surface area contributed by atoms with Crippen LogP contribution in [-0.4, -0.2) is 81.8 Å². The maximum atomic E-state index is 13.7.